The first-order valence-corrected chi connectivity index (χ1v) is 4.72. The summed E-state index contributed by atoms with van der Waals surface area (Å²) in [5.74, 6) is -0.409. The lowest BCUT2D eigenvalue weighted by atomic mass is 9.90. The number of carbonyl (C=O) groups excluding carboxylic acids is 1. The van der Waals surface area contributed by atoms with E-state index in [2.05, 4.69) is 5.32 Å². The van der Waals surface area contributed by atoms with Crippen LogP contribution in [0.2, 0.25) is 0 Å². The molecule has 0 bridgehead atoms. The molecule has 5 nitrogen and oxygen atoms in total. The minimum Gasteiger partial charge on any atom is -0.390 e. The standard InChI is InChI=1S/C9H17NO4/c1-4-5(2)14-9(13)7(8(4)12)10-6(3)11/h4-5,7-9,12-13H,1-3H3,(H,10,11)/t4-,5?,7?,8+,9?/m1/s1. The van der Waals surface area contributed by atoms with E-state index in [0.717, 1.165) is 0 Å². The monoisotopic (exact) mass is 203 g/mol. The third kappa shape index (κ3) is 2.23. The van der Waals surface area contributed by atoms with Crippen LogP contribution in [-0.4, -0.2) is 40.7 Å². The molecule has 5 atom stereocenters. The SMILES string of the molecule is CC(=O)NC1C(O)OC(C)[C@@H](C)[C@@H]1O. The predicted molar refractivity (Wildman–Crippen MR) is 49.3 cm³/mol. The molecule has 3 N–H and O–H groups in total. The Kier molecular flexibility index (Phi) is 3.47. The Bertz CT molecular complexity index is 221. The molecular weight excluding hydrogens is 186 g/mol. The maximum atomic E-state index is 10.8. The molecule has 1 rings (SSSR count). The predicted octanol–water partition coefficient (Wildman–Crippen LogP) is -0.775. The second kappa shape index (κ2) is 4.25. The first-order valence-electron chi connectivity index (χ1n) is 4.72. The zero-order valence-corrected chi connectivity index (χ0v) is 8.60. The molecule has 0 spiro atoms. The zero-order valence-electron chi connectivity index (χ0n) is 8.60. The fourth-order valence-electron chi connectivity index (χ4n) is 1.59. The van der Waals surface area contributed by atoms with Crippen molar-refractivity contribution >= 4 is 5.91 Å². The minimum absolute atomic E-state index is 0.116. The van der Waals surface area contributed by atoms with Crippen molar-refractivity contribution in [3.63, 3.8) is 0 Å². The Hall–Kier alpha value is -0.650. The van der Waals surface area contributed by atoms with E-state index >= 15 is 0 Å². The van der Waals surface area contributed by atoms with Crippen molar-refractivity contribution in [1.29, 1.82) is 0 Å². The van der Waals surface area contributed by atoms with Crippen molar-refractivity contribution in [2.45, 2.75) is 45.3 Å². The van der Waals surface area contributed by atoms with Crippen LogP contribution in [-0.2, 0) is 9.53 Å². The Labute approximate surface area is 83.1 Å². The summed E-state index contributed by atoms with van der Waals surface area (Å²) in [6.45, 7) is 4.93. The summed E-state index contributed by atoms with van der Waals surface area (Å²) in [5, 5.41) is 21.7. The number of aliphatic hydroxyl groups excluding tert-OH is 2. The first-order chi connectivity index (χ1) is 6.43. The van der Waals surface area contributed by atoms with Crippen LogP contribution in [0.1, 0.15) is 20.8 Å². The number of nitrogens with one attached hydrogen (secondary N) is 1. The lowest BCUT2D eigenvalue weighted by Gasteiger charge is -2.40. The minimum atomic E-state index is -1.14. The van der Waals surface area contributed by atoms with Crippen LogP contribution in [0.3, 0.4) is 0 Å². The average molecular weight is 203 g/mol. The molecule has 0 aromatic carbocycles. The van der Waals surface area contributed by atoms with Crippen LogP contribution in [0, 0.1) is 5.92 Å². The summed E-state index contributed by atoms with van der Waals surface area (Å²) in [6, 6.07) is -0.737. The number of hydrogen-bond donors (Lipinski definition) is 3. The van der Waals surface area contributed by atoms with Gasteiger partial charge in [0.15, 0.2) is 6.29 Å². The number of hydrogen-bond acceptors (Lipinski definition) is 4. The Morgan fingerprint density at radius 3 is 2.43 bits per heavy atom. The van der Waals surface area contributed by atoms with Gasteiger partial charge in [-0.25, -0.2) is 0 Å². The molecule has 0 saturated carbocycles. The van der Waals surface area contributed by atoms with E-state index in [4.69, 9.17) is 4.74 Å². The fourth-order valence-corrected chi connectivity index (χ4v) is 1.59. The lowest BCUT2D eigenvalue weighted by Crippen LogP contribution is -2.59. The molecular formula is C9H17NO4. The van der Waals surface area contributed by atoms with Gasteiger partial charge in [0, 0.05) is 12.8 Å². The summed E-state index contributed by atoms with van der Waals surface area (Å²) in [5.41, 5.74) is 0. The van der Waals surface area contributed by atoms with Crippen LogP contribution in [0.25, 0.3) is 0 Å². The molecule has 1 aliphatic heterocycles. The maximum Gasteiger partial charge on any atom is 0.217 e. The van der Waals surface area contributed by atoms with Crippen molar-refractivity contribution in [3.8, 4) is 0 Å². The second-order valence-electron chi connectivity index (χ2n) is 3.81. The smallest absolute Gasteiger partial charge is 0.217 e. The van der Waals surface area contributed by atoms with E-state index in [1.54, 1.807) is 6.92 Å². The van der Waals surface area contributed by atoms with E-state index in [1.165, 1.54) is 6.92 Å². The van der Waals surface area contributed by atoms with Crippen LogP contribution in [0.15, 0.2) is 0 Å². The van der Waals surface area contributed by atoms with E-state index in [9.17, 15) is 15.0 Å². The zero-order chi connectivity index (χ0) is 10.9. The van der Waals surface area contributed by atoms with Gasteiger partial charge in [-0.2, -0.15) is 0 Å². The quantitative estimate of drug-likeness (QED) is 0.522. The van der Waals surface area contributed by atoms with Crippen LogP contribution in [0.5, 0.6) is 0 Å². The highest BCUT2D eigenvalue weighted by Gasteiger charge is 2.40. The van der Waals surface area contributed by atoms with Gasteiger partial charge in [0.1, 0.15) is 6.04 Å². The molecule has 0 aromatic heterocycles. The normalized spacial score (nSPS) is 43.4. The van der Waals surface area contributed by atoms with E-state index < -0.39 is 18.4 Å². The van der Waals surface area contributed by atoms with E-state index in [-0.39, 0.29) is 17.9 Å². The Balaban J connectivity index is 2.68. The van der Waals surface area contributed by atoms with Crippen molar-refractivity contribution in [2.75, 3.05) is 0 Å². The van der Waals surface area contributed by atoms with Crippen molar-refractivity contribution < 1.29 is 19.7 Å². The number of rotatable bonds is 1. The van der Waals surface area contributed by atoms with E-state index in [1.807, 2.05) is 6.92 Å². The van der Waals surface area contributed by atoms with Gasteiger partial charge in [-0.3, -0.25) is 4.79 Å². The van der Waals surface area contributed by atoms with Crippen LogP contribution < -0.4 is 5.32 Å². The Morgan fingerprint density at radius 1 is 1.36 bits per heavy atom. The summed E-state index contributed by atoms with van der Waals surface area (Å²) >= 11 is 0. The number of amides is 1. The number of ether oxygens (including phenoxy) is 1. The molecule has 1 aliphatic rings. The molecule has 1 amide bonds. The highest BCUT2D eigenvalue weighted by Crippen LogP contribution is 2.24. The van der Waals surface area contributed by atoms with Gasteiger partial charge in [-0.1, -0.05) is 6.92 Å². The molecule has 0 aliphatic carbocycles. The first kappa shape index (κ1) is 11.4. The molecule has 0 radical (unpaired) electrons. The topological polar surface area (TPSA) is 78.8 Å². The molecule has 5 heteroatoms. The number of aliphatic hydroxyl groups is 2. The molecule has 0 aromatic rings. The molecule has 3 unspecified atom stereocenters. The molecule has 82 valence electrons. The lowest BCUT2D eigenvalue weighted by molar-refractivity contribution is -0.223. The molecule has 1 saturated heterocycles. The van der Waals surface area contributed by atoms with Crippen LogP contribution in [0.4, 0.5) is 0 Å². The largest absolute Gasteiger partial charge is 0.390 e. The van der Waals surface area contributed by atoms with Gasteiger partial charge < -0.3 is 20.3 Å². The average Bonchev–Trinajstić information content (AvgIpc) is 2.09. The third-order valence-electron chi connectivity index (χ3n) is 2.68. The van der Waals surface area contributed by atoms with Gasteiger partial charge in [0.05, 0.1) is 12.2 Å². The third-order valence-corrected chi connectivity index (χ3v) is 2.68. The van der Waals surface area contributed by atoms with Gasteiger partial charge in [-0.05, 0) is 6.92 Å². The Morgan fingerprint density at radius 2 is 1.93 bits per heavy atom. The fraction of sp³-hybridized carbons (Fsp3) is 0.889. The number of carbonyl (C=O) groups is 1. The van der Waals surface area contributed by atoms with Gasteiger partial charge in [0.25, 0.3) is 0 Å². The van der Waals surface area contributed by atoms with Gasteiger partial charge in [-0.15, -0.1) is 0 Å². The van der Waals surface area contributed by atoms with E-state index in [0.29, 0.717) is 0 Å². The second-order valence-corrected chi connectivity index (χ2v) is 3.81. The summed E-state index contributed by atoms with van der Waals surface area (Å²) in [7, 11) is 0. The van der Waals surface area contributed by atoms with Gasteiger partial charge >= 0.3 is 0 Å². The molecule has 1 heterocycles. The highest BCUT2D eigenvalue weighted by atomic mass is 16.6. The van der Waals surface area contributed by atoms with Crippen molar-refractivity contribution in [1.82, 2.24) is 5.32 Å². The van der Waals surface area contributed by atoms with Crippen molar-refractivity contribution in [3.05, 3.63) is 0 Å². The van der Waals surface area contributed by atoms with Crippen LogP contribution >= 0.6 is 0 Å². The van der Waals surface area contributed by atoms with Gasteiger partial charge in [0.2, 0.25) is 5.91 Å². The summed E-state index contributed by atoms with van der Waals surface area (Å²) < 4.78 is 5.16. The summed E-state index contributed by atoms with van der Waals surface area (Å²) in [6.07, 6.45) is -2.14. The summed E-state index contributed by atoms with van der Waals surface area (Å²) in [4.78, 5) is 10.8. The van der Waals surface area contributed by atoms with Crippen molar-refractivity contribution in [2.24, 2.45) is 5.92 Å². The maximum absolute atomic E-state index is 10.8. The highest BCUT2D eigenvalue weighted by molar-refractivity contribution is 5.73. The molecule has 1 fully saturated rings. The molecule has 14 heavy (non-hydrogen) atoms.